The fourth-order valence-corrected chi connectivity index (χ4v) is 5.12. The van der Waals surface area contributed by atoms with Crippen LogP contribution in [0.1, 0.15) is 44.4 Å². The third kappa shape index (κ3) is 5.12. The molecule has 0 unspecified atom stereocenters. The average molecular weight is 447 g/mol. The highest BCUT2D eigenvalue weighted by atomic mass is 32.2. The zero-order chi connectivity index (χ0) is 23.0. The van der Waals surface area contributed by atoms with Gasteiger partial charge in [-0.25, -0.2) is 8.42 Å². The molecule has 3 rings (SSSR count). The van der Waals surface area contributed by atoms with Gasteiger partial charge in [0.2, 0.25) is 15.9 Å². The van der Waals surface area contributed by atoms with Gasteiger partial charge in [0.05, 0.1) is 25.1 Å². The van der Waals surface area contributed by atoms with Crippen LogP contribution in [-0.2, 0) is 14.8 Å². The van der Waals surface area contributed by atoms with Crippen molar-refractivity contribution in [1.29, 1.82) is 0 Å². The van der Waals surface area contributed by atoms with Crippen LogP contribution in [0.4, 0.5) is 5.69 Å². The fraction of sp³-hybridized carbons (Fsp3) is 0.435. The van der Waals surface area contributed by atoms with Crippen molar-refractivity contribution in [2.45, 2.75) is 51.8 Å². The molecular formula is C23H30N2O5S. The maximum absolute atomic E-state index is 13.2. The van der Waals surface area contributed by atoms with Crippen LogP contribution in [0.2, 0.25) is 0 Å². The second kappa shape index (κ2) is 8.42. The molecule has 0 radical (unpaired) electrons. The number of carbonyl (C=O) groups excluding carboxylic acids is 1. The number of methoxy groups -OCH3 is 1. The van der Waals surface area contributed by atoms with E-state index in [2.05, 4.69) is 5.32 Å². The summed E-state index contributed by atoms with van der Waals surface area (Å²) >= 11 is 0. The minimum absolute atomic E-state index is 0.321. The Labute approximate surface area is 184 Å². The number of sulfonamides is 1. The summed E-state index contributed by atoms with van der Waals surface area (Å²) in [5.41, 5.74) is 1.70. The first-order valence-corrected chi connectivity index (χ1v) is 12.0. The van der Waals surface area contributed by atoms with Crippen LogP contribution in [-0.4, -0.2) is 39.3 Å². The zero-order valence-corrected chi connectivity index (χ0v) is 19.6. The number of hydrogen-bond donors (Lipinski definition) is 1. The molecule has 2 atom stereocenters. The molecule has 8 heteroatoms. The largest absolute Gasteiger partial charge is 0.497 e. The fourth-order valence-electron chi connectivity index (χ4n) is 3.95. The van der Waals surface area contributed by atoms with Gasteiger partial charge < -0.3 is 14.8 Å². The number of nitrogens with zero attached hydrogens (tertiary/aromatic N) is 1. The van der Waals surface area contributed by atoms with Gasteiger partial charge in [-0.2, -0.15) is 0 Å². The Balaban J connectivity index is 1.91. The zero-order valence-electron chi connectivity index (χ0n) is 18.8. The molecule has 0 aliphatic carbocycles. The maximum atomic E-state index is 13.2. The number of hydrogen-bond acceptors (Lipinski definition) is 5. The minimum Gasteiger partial charge on any atom is -0.497 e. The lowest BCUT2D eigenvalue weighted by molar-refractivity contribution is -0.123. The Bertz CT molecular complexity index is 1080. The molecule has 1 heterocycles. The Morgan fingerprint density at radius 3 is 2.58 bits per heavy atom. The highest BCUT2D eigenvalue weighted by molar-refractivity contribution is 7.92. The topological polar surface area (TPSA) is 84.9 Å². The van der Waals surface area contributed by atoms with E-state index in [1.54, 1.807) is 38.3 Å². The lowest BCUT2D eigenvalue weighted by Gasteiger charge is -2.39. The van der Waals surface area contributed by atoms with E-state index in [0.717, 1.165) is 21.7 Å². The van der Waals surface area contributed by atoms with Crippen molar-refractivity contribution >= 4 is 21.6 Å². The Kier molecular flexibility index (Phi) is 6.23. The number of carbonyl (C=O) groups is 1. The van der Waals surface area contributed by atoms with E-state index in [1.807, 2.05) is 39.0 Å². The summed E-state index contributed by atoms with van der Waals surface area (Å²) in [6.45, 7) is 7.38. The van der Waals surface area contributed by atoms with Crippen molar-refractivity contribution in [3.8, 4) is 11.5 Å². The summed E-state index contributed by atoms with van der Waals surface area (Å²) in [7, 11) is -2.10. The molecule has 1 aliphatic rings. The molecule has 0 saturated heterocycles. The lowest BCUT2D eigenvalue weighted by atomic mass is 9.89. The van der Waals surface area contributed by atoms with E-state index >= 15 is 0 Å². The van der Waals surface area contributed by atoms with E-state index in [9.17, 15) is 13.2 Å². The summed E-state index contributed by atoms with van der Waals surface area (Å²) in [6.07, 6.45) is 1.66. The lowest BCUT2D eigenvalue weighted by Crippen LogP contribution is -2.50. The van der Waals surface area contributed by atoms with Gasteiger partial charge in [0.25, 0.3) is 0 Å². The third-order valence-electron chi connectivity index (χ3n) is 5.34. The number of benzene rings is 2. The monoisotopic (exact) mass is 446 g/mol. The third-order valence-corrected chi connectivity index (χ3v) is 6.58. The minimum atomic E-state index is -3.68. The predicted molar refractivity (Wildman–Crippen MR) is 121 cm³/mol. The van der Waals surface area contributed by atoms with Gasteiger partial charge >= 0.3 is 0 Å². The molecule has 0 saturated carbocycles. The van der Waals surface area contributed by atoms with E-state index in [-0.39, 0.29) is 11.9 Å². The molecule has 1 amide bonds. The molecule has 0 spiro atoms. The van der Waals surface area contributed by atoms with E-state index < -0.39 is 21.7 Å². The Morgan fingerprint density at radius 2 is 1.97 bits per heavy atom. The number of ether oxygens (including phenoxy) is 2. The van der Waals surface area contributed by atoms with Crippen LogP contribution < -0.4 is 19.1 Å². The van der Waals surface area contributed by atoms with E-state index in [1.165, 1.54) is 0 Å². The molecule has 1 N–H and O–H groups in total. The molecule has 0 aromatic heterocycles. The first kappa shape index (κ1) is 22.9. The van der Waals surface area contributed by atoms with Crippen LogP contribution in [0.3, 0.4) is 0 Å². The van der Waals surface area contributed by atoms with Crippen molar-refractivity contribution in [2.75, 3.05) is 17.7 Å². The van der Waals surface area contributed by atoms with Gasteiger partial charge in [-0.15, -0.1) is 0 Å². The van der Waals surface area contributed by atoms with E-state index in [4.69, 9.17) is 9.47 Å². The number of fused-ring (bicyclic) bond motifs is 1. The van der Waals surface area contributed by atoms with Crippen LogP contribution in [0.15, 0.2) is 42.5 Å². The molecule has 2 aromatic carbocycles. The smallest absolute Gasteiger partial charge is 0.244 e. The average Bonchev–Trinajstić information content (AvgIpc) is 2.65. The first-order chi connectivity index (χ1) is 14.4. The second-order valence-corrected chi connectivity index (χ2v) is 10.5. The van der Waals surface area contributed by atoms with E-state index in [0.29, 0.717) is 23.6 Å². The predicted octanol–water partition coefficient (Wildman–Crippen LogP) is 3.58. The Morgan fingerprint density at radius 1 is 1.26 bits per heavy atom. The number of aryl methyl sites for hydroxylation is 1. The van der Waals surface area contributed by atoms with Crippen molar-refractivity contribution in [3.05, 3.63) is 53.6 Å². The van der Waals surface area contributed by atoms with Crippen LogP contribution >= 0.6 is 0 Å². The molecule has 0 fully saturated rings. The number of rotatable bonds is 6. The van der Waals surface area contributed by atoms with Gasteiger partial charge in [0.1, 0.15) is 23.1 Å². The summed E-state index contributed by atoms with van der Waals surface area (Å²) in [5.74, 6) is 0.932. The van der Waals surface area contributed by atoms with Crippen molar-refractivity contribution < 1.29 is 22.7 Å². The molecule has 168 valence electrons. The van der Waals surface area contributed by atoms with Crippen LogP contribution in [0, 0.1) is 6.92 Å². The van der Waals surface area contributed by atoms with Gasteiger partial charge in [0.15, 0.2) is 0 Å². The van der Waals surface area contributed by atoms with Crippen LogP contribution in [0.25, 0.3) is 0 Å². The first-order valence-electron chi connectivity index (χ1n) is 10.1. The summed E-state index contributed by atoms with van der Waals surface area (Å²) in [6, 6.07) is 11.3. The molecule has 2 aromatic rings. The van der Waals surface area contributed by atoms with Crippen molar-refractivity contribution in [2.24, 2.45) is 0 Å². The molecule has 7 nitrogen and oxygen atoms in total. The van der Waals surface area contributed by atoms with Gasteiger partial charge in [0, 0.05) is 18.1 Å². The molecule has 1 aliphatic heterocycles. The van der Waals surface area contributed by atoms with Crippen molar-refractivity contribution in [3.63, 3.8) is 0 Å². The van der Waals surface area contributed by atoms with Gasteiger partial charge in [-0.3, -0.25) is 9.10 Å². The normalized spacial score (nSPS) is 18.3. The molecule has 0 bridgehead atoms. The van der Waals surface area contributed by atoms with Gasteiger partial charge in [-0.1, -0.05) is 12.1 Å². The molecule has 31 heavy (non-hydrogen) atoms. The number of amides is 1. The summed E-state index contributed by atoms with van der Waals surface area (Å²) in [4.78, 5) is 13.2. The quantitative estimate of drug-likeness (QED) is 0.733. The standard InChI is InChI=1S/C23H30N2O5S/c1-15-8-7-9-17(12-15)25(31(6,27)28)16(2)22(26)24-20-14-23(3,4)30-21-13-18(29-5)10-11-19(20)21/h7-13,16,20H,14H2,1-6H3,(H,24,26)/t16-,20-/m1/s1. The van der Waals surface area contributed by atoms with Crippen molar-refractivity contribution in [1.82, 2.24) is 5.32 Å². The summed E-state index contributed by atoms with van der Waals surface area (Å²) in [5, 5.41) is 3.04. The highest BCUT2D eigenvalue weighted by Crippen LogP contribution is 2.41. The summed E-state index contributed by atoms with van der Waals surface area (Å²) < 4.78 is 37.7. The maximum Gasteiger partial charge on any atom is 0.244 e. The Hall–Kier alpha value is -2.74. The van der Waals surface area contributed by atoms with Gasteiger partial charge in [-0.05, 0) is 57.5 Å². The number of nitrogens with one attached hydrogen (secondary N) is 1. The SMILES string of the molecule is COc1ccc2c(c1)OC(C)(C)C[C@H]2NC(=O)[C@@H](C)N(c1cccc(C)c1)S(C)(=O)=O. The molecular weight excluding hydrogens is 416 g/mol. The van der Waals surface area contributed by atoms with Crippen LogP contribution in [0.5, 0.6) is 11.5 Å². The second-order valence-electron chi connectivity index (χ2n) is 8.60. The highest BCUT2D eigenvalue weighted by Gasteiger charge is 2.37. The number of anilines is 1.